The van der Waals surface area contributed by atoms with Gasteiger partial charge in [-0.2, -0.15) is 0 Å². The van der Waals surface area contributed by atoms with E-state index in [1.807, 2.05) is 17.5 Å². The molecule has 1 aliphatic rings. The van der Waals surface area contributed by atoms with Gasteiger partial charge in [-0.15, -0.1) is 11.3 Å². The molecule has 1 fully saturated rings. The van der Waals surface area contributed by atoms with Crippen molar-refractivity contribution in [2.75, 3.05) is 25.1 Å². The lowest BCUT2D eigenvalue weighted by molar-refractivity contribution is -0.155. The summed E-state index contributed by atoms with van der Waals surface area (Å²) in [6, 6.07) is 14.3. The molecule has 1 unspecified atom stereocenters. The number of benzene rings is 2. The molecule has 2 heterocycles. The predicted molar refractivity (Wildman–Crippen MR) is 140 cm³/mol. The monoisotopic (exact) mass is 560 g/mol. The fraction of sp³-hybridized carbons (Fsp3) is 0.231. The van der Waals surface area contributed by atoms with Gasteiger partial charge in [-0.05, 0) is 53.9 Å². The van der Waals surface area contributed by atoms with E-state index in [1.54, 1.807) is 16.2 Å². The normalized spacial score (nSPS) is 15.4. The Balaban J connectivity index is 1.26. The van der Waals surface area contributed by atoms with Gasteiger partial charge in [0.25, 0.3) is 5.91 Å². The number of nitrogens with zero attached hydrogens (tertiary/aromatic N) is 1. The average molecular weight is 561 g/mol. The number of Topliss-reactive ketones (excluding diaryl/α,β-unsaturated/α-hetero) is 1. The molecule has 1 saturated heterocycles. The largest absolute Gasteiger partial charge is 0.454 e. The molecule has 1 aromatic heterocycles. The van der Waals surface area contributed by atoms with Crippen molar-refractivity contribution in [3.63, 3.8) is 0 Å². The van der Waals surface area contributed by atoms with Crippen LogP contribution in [0.1, 0.15) is 32.0 Å². The molecule has 11 heteroatoms. The fourth-order valence-corrected chi connectivity index (χ4v) is 4.90. The van der Waals surface area contributed by atoms with E-state index in [0.717, 1.165) is 4.88 Å². The second-order valence-corrected chi connectivity index (χ2v) is 10.0. The number of hydrogen-bond donors (Lipinski definition) is 1. The molecule has 2 amide bonds. The van der Waals surface area contributed by atoms with Gasteiger partial charge >= 0.3 is 5.97 Å². The van der Waals surface area contributed by atoms with Gasteiger partial charge in [0.15, 0.2) is 6.61 Å². The third kappa shape index (κ3) is 7.17. The molecule has 0 aliphatic carbocycles. The molecule has 0 radical (unpaired) electrons. The Bertz CT molecular complexity index is 1300. The van der Waals surface area contributed by atoms with Crippen LogP contribution in [0.25, 0.3) is 0 Å². The van der Waals surface area contributed by atoms with Crippen LogP contribution in [-0.4, -0.2) is 54.3 Å². The van der Waals surface area contributed by atoms with E-state index >= 15 is 0 Å². The molecular formula is C26H22Cl2N2O6S. The van der Waals surface area contributed by atoms with Gasteiger partial charge in [0.2, 0.25) is 11.7 Å². The summed E-state index contributed by atoms with van der Waals surface area (Å²) in [5.41, 5.74) is 0.833. The molecule has 3 aromatic rings. The Labute approximate surface area is 227 Å². The third-order valence-electron chi connectivity index (χ3n) is 5.54. The zero-order valence-corrected chi connectivity index (χ0v) is 21.8. The molecule has 2 aromatic carbocycles. The van der Waals surface area contributed by atoms with Crippen molar-refractivity contribution in [2.24, 2.45) is 0 Å². The van der Waals surface area contributed by atoms with Gasteiger partial charge in [0, 0.05) is 27.7 Å². The van der Waals surface area contributed by atoms with Crippen molar-refractivity contribution in [1.82, 2.24) is 4.90 Å². The second kappa shape index (κ2) is 12.3. The maximum absolute atomic E-state index is 12.7. The number of ketones is 1. The molecule has 1 atom stereocenters. The highest BCUT2D eigenvalue weighted by Gasteiger charge is 2.31. The van der Waals surface area contributed by atoms with Crippen molar-refractivity contribution in [3.8, 4) is 0 Å². The minimum Gasteiger partial charge on any atom is -0.454 e. The number of thiophene rings is 1. The minimum absolute atomic E-state index is 0.126. The van der Waals surface area contributed by atoms with Crippen LogP contribution >= 0.6 is 34.5 Å². The first kappa shape index (κ1) is 26.8. The quantitative estimate of drug-likeness (QED) is 0.296. The minimum atomic E-state index is -0.852. The number of amides is 2. The van der Waals surface area contributed by atoms with E-state index < -0.39 is 30.4 Å². The number of anilines is 1. The smallest absolute Gasteiger partial charge is 0.338 e. The van der Waals surface area contributed by atoms with Crippen LogP contribution in [0.15, 0.2) is 60.0 Å². The first-order chi connectivity index (χ1) is 17.8. The number of carbonyl (C=O) groups is 4. The van der Waals surface area contributed by atoms with E-state index in [4.69, 9.17) is 32.7 Å². The number of rotatable bonds is 9. The zero-order valence-electron chi connectivity index (χ0n) is 19.4. The van der Waals surface area contributed by atoms with E-state index in [2.05, 4.69) is 5.32 Å². The molecule has 37 heavy (non-hydrogen) atoms. The maximum atomic E-state index is 12.7. The summed E-state index contributed by atoms with van der Waals surface area (Å²) < 4.78 is 10.6. The maximum Gasteiger partial charge on any atom is 0.338 e. The lowest BCUT2D eigenvalue weighted by Gasteiger charge is -2.32. The summed E-state index contributed by atoms with van der Waals surface area (Å²) in [7, 11) is 0. The highest BCUT2D eigenvalue weighted by Crippen LogP contribution is 2.22. The van der Waals surface area contributed by atoms with Crippen molar-refractivity contribution < 1.29 is 28.7 Å². The molecule has 192 valence electrons. The van der Waals surface area contributed by atoms with Crippen LogP contribution in [0.2, 0.25) is 10.0 Å². The Hall–Kier alpha value is -3.24. The average Bonchev–Trinajstić information content (AvgIpc) is 3.38. The zero-order chi connectivity index (χ0) is 26.4. The van der Waals surface area contributed by atoms with E-state index in [0.29, 0.717) is 30.4 Å². The van der Waals surface area contributed by atoms with Gasteiger partial charge in [0.1, 0.15) is 6.10 Å². The van der Waals surface area contributed by atoms with E-state index in [-0.39, 0.29) is 28.5 Å². The SMILES string of the molecule is O=C(CC1OCCN(Cc2cccs2)C1=O)Nc1ccc(C(=O)OCC(=O)c2ccc(Cl)cc2Cl)cc1. The number of carbonyl (C=O) groups excluding carboxylic acids is 4. The Morgan fingerprint density at radius 2 is 1.89 bits per heavy atom. The number of esters is 1. The van der Waals surface area contributed by atoms with Crippen LogP contribution in [-0.2, 0) is 25.6 Å². The number of hydrogen-bond acceptors (Lipinski definition) is 7. The molecule has 0 spiro atoms. The number of ether oxygens (including phenoxy) is 2. The summed E-state index contributed by atoms with van der Waals surface area (Å²) >= 11 is 13.4. The molecular weight excluding hydrogens is 539 g/mol. The van der Waals surface area contributed by atoms with Gasteiger partial charge in [-0.3, -0.25) is 14.4 Å². The van der Waals surface area contributed by atoms with Gasteiger partial charge in [-0.25, -0.2) is 4.79 Å². The number of morpholine rings is 1. The topological polar surface area (TPSA) is 102 Å². The van der Waals surface area contributed by atoms with Gasteiger partial charge in [-0.1, -0.05) is 29.3 Å². The fourth-order valence-electron chi connectivity index (χ4n) is 3.66. The molecule has 1 N–H and O–H groups in total. The predicted octanol–water partition coefficient (Wildman–Crippen LogP) is 4.85. The lowest BCUT2D eigenvalue weighted by Crippen LogP contribution is -2.48. The summed E-state index contributed by atoms with van der Waals surface area (Å²) in [5, 5.41) is 5.21. The van der Waals surface area contributed by atoms with Crippen LogP contribution in [0.5, 0.6) is 0 Å². The summed E-state index contributed by atoms with van der Waals surface area (Å²) in [4.78, 5) is 52.6. The number of halogens is 2. The summed E-state index contributed by atoms with van der Waals surface area (Å²) in [5.74, 6) is -1.78. The van der Waals surface area contributed by atoms with Gasteiger partial charge in [0.05, 0.1) is 30.2 Å². The Morgan fingerprint density at radius 1 is 1.11 bits per heavy atom. The third-order valence-corrected chi connectivity index (χ3v) is 6.94. The Morgan fingerprint density at radius 3 is 2.59 bits per heavy atom. The van der Waals surface area contributed by atoms with Crippen molar-refractivity contribution in [2.45, 2.75) is 19.1 Å². The standard InChI is InChI=1S/C26H22Cl2N2O6S/c27-17-5-8-20(21(28)12-17)22(31)15-36-26(34)16-3-6-18(7-4-16)29-24(32)13-23-25(33)30(9-10-35-23)14-19-2-1-11-37-19/h1-8,11-12,23H,9-10,13-15H2,(H,29,32). The van der Waals surface area contributed by atoms with Crippen LogP contribution in [0.4, 0.5) is 5.69 Å². The molecule has 0 saturated carbocycles. The molecule has 0 bridgehead atoms. The molecule has 4 rings (SSSR count). The van der Waals surface area contributed by atoms with E-state index in [1.165, 1.54) is 42.5 Å². The highest BCUT2D eigenvalue weighted by molar-refractivity contribution is 7.09. The van der Waals surface area contributed by atoms with E-state index in [9.17, 15) is 19.2 Å². The Kier molecular flexibility index (Phi) is 8.94. The second-order valence-electron chi connectivity index (χ2n) is 8.15. The summed E-state index contributed by atoms with van der Waals surface area (Å²) in [6.07, 6.45) is -0.978. The van der Waals surface area contributed by atoms with Gasteiger partial charge < -0.3 is 19.7 Å². The molecule has 8 nitrogen and oxygen atoms in total. The van der Waals surface area contributed by atoms with Crippen molar-refractivity contribution >= 4 is 63.8 Å². The van der Waals surface area contributed by atoms with Crippen molar-refractivity contribution in [3.05, 3.63) is 86.0 Å². The lowest BCUT2D eigenvalue weighted by atomic mass is 10.1. The van der Waals surface area contributed by atoms with Crippen LogP contribution < -0.4 is 5.32 Å². The van der Waals surface area contributed by atoms with Crippen LogP contribution in [0.3, 0.4) is 0 Å². The molecule has 1 aliphatic heterocycles. The van der Waals surface area contributed by atoms with Crippen LogP contribution in [0, 0.1) is 0 Å². The highest BCUT2D eigenvalue weighted by atomic mass is 35.5. The first-order valence-electron chi connectivity index (χ1n) is 11.3. The van der Waals surface area contributed by atoms with Crippen molar-refractivity contribution in [1.29, 1.82) is 0 Å². The number of nitrogens with one attached hydrogen (secondary N) is 1. The summed E-state index contributed by atoms with van der Waals surface area (Å²) in [6.45, 7) is 0.842. The first-order valence-corrected chi connectivity index (χ1v) is 12.9.